The summed E-state index contributed by atoms with van der Waals surface area (Å²) in [4.78, 5) is 4.90. The SMILES string of the molecule is Cc1ccccc1C(=S)c1ccc(Nc2ncccc2C#N)cc1Cl. The first kappa shape index (κ1) is 17.1. The molecule has 0 unspecified atom stereocenters. The number of thiocarbonyl (C=S) groups is 1. The van der Waals surface area contributed by atoms with E-state index in [-0.39, 0.29) is 0 Å². The zero-order valence-electron chi connectivity index (χ0n) is 13.5. The molecule has 5 heteroatoms. The van der Waals surface area contributed by atoms with Gasteiger partial charge in [-0.15, -0.1) is 0 Å². The summed E-state index contributed by atoms with van der Waals surface area (Å²) in [6, 6.07) is 19.0. The molecule has 0 fully saturated rings. The highest BCUT2D eigenvalue weighted by atomic mass is 35.5. The summed E-state index contributed by atoms with van der Waals surface area (Å²) in [6.07, 6.45) is 1.63. The highest BCUT2D eigenvalue weighted by Gasteiger charge is 2.12. The molecule has 0 amide bonds. The summed E-state index contributed by atoms with van der Waals surface area (Å²) in [5, 5.41) is 12.8. The van der Waals surface area contributed by atoms with Crippen LogP contribution in [0.4, 0.5) is 11.5 Å². The smallest absolute Gasteiger partial charge is 0.148 e. The summed E-state index contributed by atoms with van der Waals surface area (Å²) in [5.41, 5.74) is 4.13. The fraction of sp³-hybridized carbons (Fsp3) is 0.0500. The van der Waals surface area contributed by atoms with Crippen LogP contribution in [0, 0.1) is 18.3 Å². The van der Waals surface area contributed by atoms with Gasteiger partial charge in [-0.1, -0.05) is 48.1 Å². The summed E-state index contributed by atoms with van der Waals surface area (Å²) in [5.74, 6) is 0.496. The van der Waals surface area contributed by atoms with Gasteiger partial charge in [0.25, 0.3) is 0 Å². The third-order valence-electron chi connectivity index (χ3n) is 3.79. The predicted molar refractivity (Wildman–Crippen MR) is 106 cm³/mol. The maximum atomic E-state index is 9.15. The number of aryl methyl sites for hydroxylation is 1. The van der Waals surface area contributed by atoms with Gasteiger partial charge in [-0.2, -0.15) is 5.26 Å². The second-order valence-corrected chi connectivity index (χ2v) is 6.29. The van der Waals surface area contributed by atoms with Crippen LogP contribution in [0.25, 0.3) is 0 Å². The summed E-state index contributed by atoms with van der Waals surface area (Å²) in [7, 11) is 0. The van der Waals surface area contributed by atoms with E-state index in [1.807, 2.05) is 43.3 Å². The molecule has 0 atom stereocenters. The summed E-state index contributed by atoms with van der Waals surface area (Å²) < 4.78 is 0. The standard InChI is InChI=1S/C20H14ClN3S/c1-13-5-2-3-7-16(13)19(25)17-9-8-15(11-18(17)21)24-20-14(12-22)6-4-10-23-20/h2-11H,1H3,(H,23,24). The van der Waals surface area contributed by atoms with Gasteiger partial charge in [-0.3, -0.25) is 0 Å². The molecule has 122 valence electrons. The number of rotatable bonds is 4. The molecular formula is C20H14ClN3S. The molecule has 3 rings (SSSR count). The third-order valence-corrected chi connectivity index (χ3v) is 4.55. The predicted octanol–water partition coefficient (Wildman–Crippen LogP) is 5.43. The average molecular weight is 364 g/mol. The highest BCUT2D eigenvalue weighted by molar-refractivity contribution is 7.81. The topological polar surface area (TPSA) is 48.7 Å². The Morgan fingerprint density at radius 1 is 1.12 bits per heavy atom. The number of anilines is 2. The lowest BCUT2D eigenvalue weighted by molar-refractivity contribution is 1.28. The minimum Gasteiger partial charge on any atom is -0.339 e. The Morgan fingerprint density at radius 3 is 2.64 bits per heavy atom. The number of nitrogens with one attached hydrogen (secondary N) is 1. The first-order valence-corrected chi connectivity index (χ1v) is 8.41. The normalized spacial score (nSPS) is 10.1. The van der Waals surface area contributed by atoms with Crippen molar-refractivity contribution in [1.29, 1.82) is 5.26 Å². The van der Waals surface area contributed by atoms with Crippen LogP contribution in [-0.2, 0) is 0 Å². The van der Waals surface area contributed by atoms with Crippen LogP contribution in [0.5, 0.6) is 0 Å². The third kappa shape index (κ3) is 3.69. The highest BCUT2D eigenvalue weighted by Crippen LogP contribution is 2.27. The van der Waals surface area contributed by atoms with Gasteiger partial charge >= 0.3 is 0 Å². The lowest BCUT2D eigenvalue weighted by atomic mass is 10.00. The number of hydrogen-bond donors (Lipinski definition) is 1. The molecule has 0 spiro atoms. The van der Waals surface area contributed by atoms with Crippen LogP contribution >= 0.6 is 23.8 Å². The Bertz CT molecular complexity index is 992. The second-order valence-electron chi connectivity index (χ2n) is 5.48. The molecule has 1 N–H and O–H groups in total. The van der Waals surface area contributed by atoms with Crippen LogP contribution in [0.1, 0.15) is 22.3 Å². The van der Waals surface area contributed by atoms with Crippen molar-refractivity contribution in [1.82, 2.24) is 4.98 Å². The Labute approximate surface area is 156 Å². The molecule has 2 aromatic carbocycles. The van der Waals surface area contributed by atoms with Crippen LogP contribution in [0.3, 0.4) is 0 Å². The first-order valence-electron chi connectivity index (χ1n) is 7.62. The molecule has 0 aliphatic heterocycles. The number of nitriles is 1. The lowest BCUT2D eigenvalue weighted by Gasteiger charge is -2.12. The fourth-order valence-corrected chi connectivity index (χ4v) is 3.22. The van der Waals surface area contributed by atoms with Gasteiger partial charge in [0.15, 0.2) is 0 Å². The molecule has 1 aromatic heterocycles. The fourth-order valence-electron chi connectivity index (χ4n) is 2.48. The summed E-state index contributed by atoms with van der Waals surface area (Å²) >= 11 is 12.1. The van der Waals surface area contributed by atoms with E-state index in [2.05, 4.69) is 16.4 Å². The molecule has 0 aliphatic rings. The van der Waals surface area contributed by atoms with Gasteiger partial charge in [0.1, 0.15) is 11.9 Å². The number of aromatic nitrogens is 1. The van der Waals surface area contributed by atoms with E-state index in [1.54, 1.807) is 24.4 Å². The van der Waals surface area contributed by atoms with Crippen LogP contribution in [0.2, 0.25) is 5.02 Å². The van der Waals surface area contributed by atoms with E-state index >= 15 is 0 Å². The van der Waals surface area contributed by atoms with Crippen molar-refractivity contribution in [2.24, 2.45) is 0 Å². The second kappa shape index (κ2) is 7.43. The molecule has 3 nitrogen and oxygen atoms in total. The van der Waals surface area contributed by atoms with Gasteiger partial charge in [0.05, 0.1) is 15.5 Å². The monoisotopic (exact) mass is 363 g/mol. The zero-order chi connectivity index (χ0) is 17.8. The molecule has 0 radical (unpaired) electrons. The Morgan fingerprint density at radius 2 is 1.92 bits per heavy atom. The van der Waals surface area contributed by atoms with Crippen molar-refractivity contribution < 1.29 is 0 Å². The van der Waals surface area contributed by atoms with E-state index in [4.69, 9.17) is 29.1 Å². The molecule has 0 bridgehead atoms. The number of benzene rings is 2. The van der Waals surface area contributed by atoms with Crippen molar-refractivity contribution in [3.05, 3.63) is 88.1 Å². The molecule has 1 heterocycles. The molecule has 3 aromatic rings. The van der Waals surface area contributed by atoms with Crippen molar-refractivity contribution in [3.8, 4) is 6.07 Å². The number of nitrogens with zero attached hydrogens (tertiary/aromatic N) is 2. The largest absolute Gasteiger partial charge is 0.339 e. The minimum atomic E-state index is 0.470. The van der Waals surface area contributed by atoms with Crippen molar-refractivity contribution in [2.75, 3.05) is 5.32 Å². The van der Waals surface area contributed by atoms with E-state index in [1.165, 1.54) is 0 Å². The van der Waals surface area contributed by atoms with Crippen LogP contribution in [0.15, 0.2) is 60.8 Å². The lowest BCUT2D eigenvalue weighted by Crippen LogP contribution is -2.04. The van der Waals surface area contributed by atoms with Gasteiger partial charge in [0, 0.05) is 17.4 Å². The van der Waals surface area contributed by atoms with E-state index in [0.29, 0.717) is 21.3 Å². The average Bonchev–Trinajstić information content (AvgIpc) is 2.62. The maximum absolute atomic E-state index is 9.15. The van der Waals surface area contributed by atoms with Gasteiger partial charge < -0.3 is 5.32 Å². The molecule has 25 heavy (non-hydrogen) atoms. The number of pyridine rings is 1. The van der Waals surface area contributed by atoms with E-state index in [9.17, 15) is 0 Å². The Hall–Kier alpha value is -2.74. The Kier molecular flexibility index (Phi) is 5.08. The molecule has 0 saturated carbocycles. The van der Waals surface area contributed by atoms with Gasteiger partial charge in [0.2, 0.25) is 0 Å². The minimum absolute atomic E-state index is 0.470. The molecule has 0 aliphatic carbocycles. The van der Waals surface area contributed by atoms with Gasteiger partial charge in [-0.25, -0.2) is 4.98 Å². The van der Waals surface area contributed by atoms with Gasteiger partial charge in [-0.05, 0) is 48.4 Å². The zero-order valence-corrected chi connectivity index (χ0v) is 15.0. The quantitative estimate of drug-likeness (QED) is 0.496. The number of halogens is 1. The molecular weight excluding hydrogens is 350 g/mol. The summed E-state index contributed by atoms with van der Waals surface area (Å²) in [6.45, 7) is 2.02. The van der Waals surface area contributed by atoms with Crippen LogP contribution < -0.4 is 5.32 Å². The Balaban J connectivity index is 1.90. The van der Waals surface area contributed by atoms with E-state index < -0.39 is 0 Å². The van der Waals surface area contributed by atoms with Crippen LogP contribution in [-0.4, -0.2) is 9.85 Å². The van der Waals surface area contributed by atoms with Crippen molar-refractivity contribution in [2.45, 2.75) is 6.92 Å². The van der Waals surface area contributed by atoms with Crippen molar-refractivity contribution >= 4 is 40.2 Å². The number of hydrogen-bond acceptors (Lipinski definition) is 4. The van der Waals surface area contributed by atoms with E-state index in [0.717, 1.165) is 22.4 Å². The first-order chi connectivity index (χ1) is 12.1. The molecule has 0 saturated heterocycles. The maximum Gasteiger partial charge on any atom is 0.148 e. The van der Waals surface area contributed by atoms with Crippen molar-refractivity contribution in [3.63, 3.8) is 0 Å².